The molecule has 0 radical (unpaired) electrons. The van der Waals surface area contributed by atoms with Crippen LogP contribution in [0.4, 0.5) is 9.93 Å². The minimum absolute atomic E-state index is 0.0563. The van der Waals surface area contributed by atoms with Gasteiger partial charge >= 0.3 is 6.03 Å². The molecule has 1 saturated carbocycles. The number of piperazine rings is 1. The van der Waals surface area contributed by atoms with E-state index in [1.165, 1.54) is 24.2 Å². The monoisotopic (exact) mass is 343 g/mol. The fourth-order valence-corrected chi connectivity index (χ4v) is 3.97. The predicted octanol–water partition coefficient (Wildman–Crippen LogP) is 2.94. The zero-order chi connectivity index (χ0) is 16.5. The van der Waals surface area contributed by atoms with E-state index in [0.29, 0.717) is 17.6 Å². The Kier molecular flexibility index (Phi) is 4.20. The Morgan fingerprint density at radius 1 is 1.21 bits per heavy atom. The van der Waals surface area contributed by atoms with Gasteiger partial charge in [-0.3, -0.25) is 5.32 Å². The largest absolute Gasteiger partial charge is 0.324 e. The van der Waals surface area contributed by atoms with Crippen molar-refractivity contribution in [2.45, 2.75) is 24.8 Å². The molecule has 4 rings (SSSR count). The smallest absolute Gasteiger partial charge is 0.315 e. The summed E-state index contributed by atoms with van der Waals surface area (Å²) in [4.78, 5) is 17.0. The van der Waals surface area contributed by atoms with Gasteiger partial charge in [-0.2, -0.15) is 0 Å². The lowest BCUT2D eigenvalue weighted by atomic mass is 10.0. The van der Waals surface area contributed by atoms with Gasteiger partial charge in [0.25, 0.3) is 0 Å². The molecular weight excluding hydrogens is 322 g/mol. The number of likely N-dealkylation sites (N-methyl/N-ethyl adjacent to an activating group) is 1. The number of hydrogen-bond donors (Lipinski definition) is 1. The second kappa shape index (κ2) is 6.49. The molecule has 2 aliphatic rings. The first-order chi connectivity index (χ1) is 11.7. The maximum atomic E-state index is 12.8. The standard InChI is InChI=1S/C17H21N5OS/c1-21-9-10-22(14(11-21)12-5-3-2-4-6-12)17(23)18-16-20-19-15(24-16)13-7-8-13/h2-6,13-14H,7-11H2,1H3,(H,18,20,23). The number of nitrogens with one attached hydrogen (secondary N) is 1. The first-order valence-electron chi connectivity index (χ1n) is 8.35. The van der Waals surface area contributed by atoms with E-state index < -0.39 is 0 Å². The summed E-state index contributed by atoms with van der Waals surface area (Å²) in [7, 11) is 2.10. The number of nitrogens with zero attached hydrogens (tertiary/aromatic N) is 4. The van der Waals surface area contributed by atoms with Crippen LogP contribution in [0.15, 0.2) is 30.3 Å². The molecule has 2 fully saturated rings. The van der Waals surface area contributed by atoms with E-state index in [1.807, 2.05) is 23.1 Å². The molecule has 0 spiro atoms. The lowest BCUT2D eigenvalue weighted by molar-refractivity contribution is 0.116. The number of aromatic nitrogens is 2. The maximum absolute atomic E-state index is 12.8. The summed E-state index contributed by atoms with van der Waals surface area (Å²) >= 11 is 1.50. The van der Waals surface area contributed by atoms with Gasteiger partial charge in [-0.1, -0.05) is 41.7 Å². The van der Waals surface area contributed by atoms with E-state index in [4.69, 9.17) is 0 Å². The summed E-state index contributed by atoms with van der Waals surface area (Å²) < 4.78 is 0. The summed E-state index contributed by atoms with van der Waals surface area (Å²) in [5, 5.41) is 12.9. The van der Waals surface area contributed by atoms with Crippen LogP contribution in [0.2, 0.25) is 0 Å². The van der Waals surface area contributed by atoms with Gasteiger partial charge in [-0.15, -0.1) is 10.2 Å². The molecule has 2 amide bonds. The molecule has 1 saturated heterocycles. The highest BCUT2D eigenvalue weighted by Gasteiger charge is 2.31. The molecule has 126 valence electrons. The molecule has 1 aromatic carbocycles. The fraction of sp³-hybridized carbons (Fsp3) is 0.471. The summed E-state index contributed by atoms with van der Waals surface area (Å²) in [6, 6.07) is 10.2. The Morgan fingerprint density at radius 3 is 2.75 bits per heavy atom. The Balaban J connectivity index is 1.50. The highest BCUT2D eigenvalue weighted by atomic mass is 32.1. The van der Waals surface area contributed by atoms with Crippen LogP contribution in [0.1, 0.15) is 35.4 Å². The third-order valence-corrected chi connectivity index (χ3v) is 5.61. The number of carbonyl (C=O) groups is 1. The number of amides is 2. The molecule has 0 bridgehead atoms. The zero-order valence-electron chi connectivity index (χ0n) is 13.7. The SMILES string of the molecule is CN1CCN(C(=O)Nc2nnc(C3CC3)s2)C(c2ccccc2)C1. The summed E-state index contributed by atoms with van der Waals surface area (Å²) in [6.45, 7) is 2.41. The van der Waals surface area contributed by atoms with Crippen LogP contribution in [-0.2, 0) is 0 Å². The third kappa shape index (κ3) is 3.27. The number of hydrogen-bond acceptors (Lipinski definition) is 5. The van der Waals surface area contributed by atoms with Crippen LogP contribution < -0.4 is 5.32 Å². The lowest BCUT2D eigenvalue weighted by Gasteiger charge is -2.40. The van der Waals surface area contributed by atoms with Crippen molar-refractivity contribution < 1.29 is 4.79 Å². The van der Waals surface area contributed by atoms with E-state index in [-0.39, 0.29) is 12.1 Å². The average Bonchev–Trinajstić information content (AvgIpc) is 3.35. The molecule has 24 heavy (non-hydrogen) atoms. The predicted molar refractivity (Wildman–Crippen MR) is 94.3 cm³/mol. The van der Waals surface area contributed by atoms with E-state index in [9.17, 15) is 4.79 Å². The second-order valence-electron chi connectivity index (χ2n) is 6.53. The van der Waals surface area contributed by atoms with Gasteiger partial charge in [0.05, 0.1) is 6.04 Å². The van der Waals surface area contributed by atoms with E-state index >= 15 is 0 Å². The first-order valence-corrected chi connectivity index (χ1v) is 9.17. The molecule has 1 aliphatic heterocycles. The van der Waals surface area contributed by atoms with Crippen molar-refractivity contribution in [2.75, 3.05) is 32.0 Å². The summed E-state index contributed by atoms with van der Waals surface area (Å²) in [6.07, 6.45) is 2.38. The molecule has 1 N–H and O–H groups in total. The van der Waals surface area contributed by atoms with Gasteiger partial charge < -0.3 is 9.80 Å². The average molecular weight is 343 g/mol. The van der Waals surface area contributed by atoms with Crippen molar-refractivity contribution in [3.05, 3.63) is 40.9 Å². The fourth-order valence-electron chi connectivity index (χ4n) is 3.07. The van der Waals surface area contributed by atoms with Gasteiger partial charge in [0, 0.05) is 25.6 Å². The van der Waals surface area contributed by atoms with Crippen molar-refractivity contribution >= 4 is 22.5 Å². The molecule has 2 heterocycles. The van der Waals surface area contributed by atoms with Crippen molar-refractivity contribution in [1.82, 2.24) is 20.0 Å². The van der Waals surface area contributed by atoms with Crippen LogP contribution >= 0.6 is 11.3 Å². The number of anilines is 1. The van der Waals surface area contributed by atoms with Gasteiger partial charge in [-0.05, 0) is 25.5 Å². The van der Waals surface area contributed by atoms with Crippen molar-refractivity contribution in [2.24, 2.45) is 0 Å². The Labute approximate surface area is 145 Å². The molecule has 1 aromatic heterocycles. The number of urea groups is 1. The quantitative estimate of drug-likeness (QED) is 0.931. The van der Waals surface area contributed by atoms with Gasteiger partial charge in [0.1, 0.15) is 5.01 Å². The van der Waals surface area contributed by atoms with Crippen LogP contribution in [0.5, 0.6) is 0 Å². The second-order valence-corrected chi connectivity index (χ2v) is 7.54. The number of benzene rings is 1. The van der Waals surface area contributed by atoms with Crippen LogP contribution in [0, 0.1) is 0 Å². The highest BCUT2D eigenvalue weighted by Crippen LogP contribution is 2.42. The lowest BCUT2D eigenvalue weighted by Crippen LogP contribution is -2.50. The highest BCUT2D eigenvalue weighted by molar-refractivity contribution is 7.15. The van der Waals surface area contributed by atoms with Gasteiger partial charge in [0.2, 0.25) is 5.13 Å². The van der Waals surface area contributed by atoms with Crippen LogP contribution in [0.25, 0.3) is 0 Å². The maximum Gasteiger partial charge on any atom is 0.324 e. The normalized spacial score (nSPS) is 21.7. The Bertz CT molecular complexity index is 715. The molecule has 2 aromatic rings. The topological polar surface area (TPSA) is 61.4 Å². The first kappa shape index (κ1) is 15.5. The molecule has 1 aliphatic carbocycles. The summed E-state index contributed by atoms with van der Waals surface area (Å²) in [5.74, 6) is 0.564. The number of rotatable bonds is 3. The van der Waals surface area contributed by atoms with Crippen LogP contribution in [-0.4, -0.2) is 52.7 Å². The van der Waals surface area contributed by atoms with E-state index in [0.717, 1.165) is 23.7 Å². The van der Waals surface area contributed by atoms with E-state index in [1.54, 1.807) is 0 Å². The minimum atomic E-state index is -0.0875. The minimum Gasteiger partial charge on any atom is -0.315 e. The van der Waals surface area contributed by atoms with Crippen LogP contribution in [0.3, 0.4) is 0 Å². The Morgan fingerprint density at radius 2 is 2.00 bits per heavy atom. The molecule has 7 heteroatoms. The van der Waals surface area contributed by atoms with Crippen molar-refractivity contribution in [3.8, 4) is 0 Å². The molecular formula is C17H21N5OS. The number of carbonyl (C=O) groups excluding carboxylic acids is 1. The van der Waals surface area contributed by atoms with Gasteiger partial charge in [0.15, 0.2) is 0 Å². The summed E-state index contributed by atoms with van der Waals surface area (Å²) in [5.41, 5.74) is 1.16. The molecule has 1 atom stereocenters. The molecule has 6 nitrogen and oxygen atoms in total. The Hall–Kier alpha value is -1.99. The molecule has 1 unspecified atom stereocenters. The van der Waals surface area contributed by atoms with E-state index in [2.05, 4.69) is 39.6 Å². The van der Waals surface area contributed by atoms with Crippen molar-refractivity contribution in [1.29, 1.82) is 0 Å². The third-order valence-electron chi connectivity index (χ3n) is 4.61. The zero-order valence-corrected chi connectivity index (χ0v) is 14.5. The van der Waals surface area contributed by atoms with Gasteiger partial charge in [-0.25, -0.2) is 4.79 Å². The van der Waals surface area contributed by atoms with Crippen molar-refractivity contribution in [3.63, 3.8) is 0 Å².